The lowest BCUT2D eigenvalue weighted by Crippen LogP contribution is -2.14. The average molecular weight is 270 g/mol. The maximum atomic E-state index is 12.0. The van der Waals surface area contributed by atoms with Gasteiger partial charge in [0.05, 0.1) is 12.7 Å². The topological polar surface area (TPSA) is 68.3 Å². The fourth-order valence-electron chi connectivity index (χ4n) is 2.12. The molecule has 20 heavy (non-hydrogen) atoms. The van der Waals surface area contributed by atoms with Crippen molar-refractivity contribution in [2.45, 2.75) is 20.3 Å². The number of aryl methyl sites for hydroxylation is 2. The van der Waals surface area contributed by atoms with Crippen LogP contribution in [0.15, 0.2) is 39.5 Å². The summed E-state index contributed by atoms with van der Waals surface area (Å²) >= 11 is 0. The van der Waals surface area contributed by atoms with Gasteiger partial charge in [-0.2, -0.15) is 0 Å². The SMILES string of the molecule is Cc1ccc2occ(CC(=O)Nc3cc(C)on3)c2c1. The average Bonchev–Trinajstić information content (AvgIpc) is 2.97. The standard InChI is InChI=1S/C15H14N2O3/c1-9-3-4-13-12(5-9)11(8-19-13)7-15(18)16-14-6-10(2)20-17-14/h3-6,8H,7H2,1-2H3,(H,16,17,18). The van der Waals surface area contributed by atoms with Gasteiger partial charge in [-0.25, -0.2) is 0 Å². The van der Waals surface area contributed by atoms with Gasteiger partial charge in [0.15, 0.2) is 5.82 Å². The molecule has 0 saturated heterocycles. The minimum Gasteiger partial charge on any atom is -0.464 e. The van der Waals surface area contributed by atoms with Crippen molar-refractivity contribution in [3.63, 3.8) is 0 Å². The third-order valence-corrected chi connectivity index (χ3v) is 3.06. The lowest BCUT2D eigenvalue weighted by atomic mass is 10.1. The van der Waals surface area contributed by atoms with Crippen molar-refractivity contribution in [3.8, 4) is 0 Å². The molecule has 3 rings (SSSR count). The van der Waals surface area contributed by atoms with Crippen molar-refractivity contribution >= 4 is 22.7 Å². The minimum absolute atomic E-state index is 0.150. The van der Waals surface area contributed by atoms with Crippen LogP contribution in [-0.4, -0.2) is 11.1 Å². The number of aromatic nitrogens is 1. The van der Waals surface area contributed by atoms with Crippen LogP contribution in [0.2, 0.25) is 0 Å². The molecular formula is C15H14N2O3. The first-order valence-electron chi connectivity index (χ1n) is 6.32. The predicted molar refractivity (Wildman–Crippen MR) is 74.5 cm³/mol. The van der Waals surface area contributed by atoms with Crippen LogP contribution in [0.5, 0.6) is 0 Å². The maximum Gasteiger partial charge on any atom is 0.230 e. The summed E-state index contributed by atoms with van der Waals surface area (Å²) in [5.74, 6) is 0.934. The molecule has 3 aromatic rings. The second-order valence-electron chi connectivity index (χ2n) is 4.81. The van der Waals surface area contributed by atoms with Gasteiger partial charge in [0, 0.05) is 17.0 Å². The number of amides is 1. The number of carbonyl (C=O) groups is 1. The molecule has 0 aliphatic carbocycles. The molecule has 102 valence electrons. The molecule has 1 N–H and O–H groups in total. The Morgan fingerprint density at radius 3 is 2.90 bits per heavy atom. The Balaban J connectivity index is 1.79. The number of furan rings is 1. The molecule has 0 atom stereocenters. The van der Waals surface area contributed by atoms with Crippen LogP contribution in [0.3, 0.4) is 0 Å². The van der Waals surface area contributed by atoms with Gasteiger partial charge in [0.1, 0.15) is 11.3 Å². The quantitative estimate of drug-likeness (QED) is 0.793. The highest BCUT2D eigenvalue weighted by Gasteiger charge is 2.12. The number of fused-ring (bicyclic) bond motifs is 1. The summed E-state index contributed by atoms with van der Waals surface area (Å²) < 4.78 is 10.3. The highest BCUT2D eigenvalue weighted by atomic mass is 16.5. The number of hydrogen-bond donors (Lipinski definition) is 1. The van der Waals surface area contributed by atoms with Gasteiger partial charge in [0.2, 0.25) is 5.91 Å². The zero-order chi connectivity index (χ0) is 14.1. The molecule has 5 nitrogen and oxygen atoms in total. The smallest absolute Gasteiger partial charge is 0.230 e. The summed E-state index contributed by atoms with van der Waals surface area (Å²) in [5, 5.41) is 7.39. The van der Waals surface area contributed by atoms with Gasteiger partial charge in [-0.05, 0) is 26.0 Å². The lowest BCUT2D eigenvalue weighted by Gasteiger charge is -2.00. The Morgan fingerprint density at radius 1 is 1.30 bits per heavy atom. The molecule has 0 fully saturated rings. The van der Waals surface area contributed by atoms with E-state index in [1.165, 1.54) is 0 Å². The third-order valence-electron chi connectivity index (χ3n) is 3.06. The first kappa shape index (κ1) is 12.5. The molecule has 0 aliphatic rings. The number of carbonyl (C=O) groups excluding carboxylic acids is 1. The summed E-state index contributed by atoms with van der Waals surface area (Å²) in [4.78, 5) is 12.0. The number of anilines is 1. The van der Waals surface area contributed by atoms with Crippen molar-refractivity contribution in [2.75, 3.05) is 5.32 Å². The fraction of sp³-hybridized carbons (Fsp3) is 0.200. The lowest BCUT2D eigenvalue weighted by molar-refractivity contribution is -0.115. The summed E-state index contributed by atoms with van der Waals surface area (Å²) in [6, 6.07) is 7.58. The van der Waals surface area contributed by atoms with Crippen LogP contribution in [0.1, 0.15) is 16.9 Å². The Hall–Kier alpha value is -2.56. The van der Waals surface area contributed by atoms with Gasteiger partial charge in [-0.3, -0.25) is 4.79 Å². The zero-order valence-electron chi connectivity index (χ0n) is 11.3. The normalized spacial score (nSPS) is 10.9. The highest BCUT2D eigenvalue weighted by molar-refractivity contribution is 5.94. The second-order valence-corrected chi connectivity index (χ2v) is 4.81. The molecule has 1 amide bonds. The van der Waals surface area contributed by atoms with Gasteiger partial charge >= 0.3 is 0 Å². The largest absolute Gasteiger partial charge is 0.464 e. The molecule has 2 aromatic heterocycles. The Bertz CT molecular complexity index is 770. The molecule has 1 aromatic carbocycles. The van der Waals surface area contributed by atoms with Crippen LogP contribution in [0, 0.1) is 13.8 Å². The van der Waals surface area contributed by atoms with Gasteiger partial charge in [-0.15, -0.1) is 0 Å². The molecule has 0 spiro atoms. The molecule has 5 heteroatoms. The van der Waals surface area contributed by atoms with E-state index in [9.17, 15) is 4.79 Å². The number of benzene rings is 1. The van der Waals surface area contributed by atoms with Gasteiger partial charge < -0.3 is 14.3 Å². The van der Waals surface area contributed by atoms with Crippen LogP contribution in [0.4, 0.5) is 5.82 Å². The maximum absolute atomic E-state index is 12.0. The van der Waals surface area contributed by atoms with E-state index >= 15 is 0 Å². The van der Waals surface area contributed by atoms with E-state index < -0.39 is 0 Å². The van der Waals surface area contributed by atoms with E-state index in [0.717, 1.165) is 22.1 Å². The predicted octanol–water partition coefficient (Wildman–Crippen LogP) is 3.22. The van der Waals surface area contributed by atoms with E-state index in [4.69, 9.17) is 8.94 Å². The minimum atomic E-state index is -0.150. The van der Waals surface area contributed by atoms with Crippen LogP contribution < -0.4 is 5.32 Å². The summed E-state index contributed by atoms with van der Waals surface area (Å²) in [6.45, 7) is 3.78. The monoisotopic (exact) mass is 270 g/mol. The molecule has 0 unspecified atom stereocenters. The van der Waals surface area contributed by atoms with Crippen molar-refractivity contribution in [2.24, 2.45) is 0 Å². The molecule has 0 saturated carbocycles. The molecule has 2 heterocycles. The number of nitrogens with one attached hydrogen (secondary N) is 1. The zero-order valence-corrected chi connectivity index (χ0v) is 11.3. The first-order valence-corrected chi connectivity index (χ1v) is 6.32. The van der Waals surface area contributed by atoms with E-state index in [2.05, 4.69) is 10.5 Å². The van der Waals surface area contributed by atoms with Crippen LogP contribution in [0.25, 0.3) is 11.0 Å². The fourth-order valence-corrected chi connectivity index (χ4v) is 2.12. The number of rotatable bonds is 3. The van der Waals surface area contributed by atoms with Crippen molar-refractivity contribution < 1.29 is 13.7 Å². The molecule has 0 bridgehead atoms. The van der Waals surface area contributed by atoms with Crippen molar-refractivity contribution in [1.29, 1.82) is 0 Å². The van der Waals surface area contributed by atoms with E-state index in [-0.39, 0.29) is 12.3 Å². The Labute approximate surface area is 115 Å². The Morgan fingerprint density at radius 2 is 2.15 bits per heavy atom. The van der Waals surface area contributed by atoms with Crippen LogP contribution >= 0.6 is 0 Å². The molecule has 0 radical (unpaired) electrons. The number of nitrogens with zero attached hydrogens (tertiary/aromatic N) is 1. The van der Waals surface area contributed by atoms with Crippen molar-refractivity contribution in [3.05, 3.63) is 47.4 Å². The van der Waals surface area contributed by atoms with E-state index in [1.54, 1.807) is 19.3 Å². The number of hydrogen-bond acceptors (Lipinski definition) is 4. The Kier molecular flexibility index (Phi) is 3.02. The van der Waals surface area contributed by atoms with Crippen molar-refractivity contribution in [1.82, 2.24) is 5.16 Å². The highest BCUT2D eigenvalue weighted by Crippen LogP contribution is 2.23. The molecular weight excluding hydrogens is 256 g/mol. The van der Waals surface area contributed by atoms with Crippen LogP contribution in [-0.2, 0) is 11.2 Å². The van der Waals surface area contributed by atoms with Gasteiger partial charge in [-0.1, -0.05) is 16.8 Å². The summed E-state index contributed by atoms with van der Waals surface area (Å²) in [6.07, 6.45) is 1.86. The molecule has 0 aliphatic heterocycles. The third kappa shape index (κ3) is 2.42. The summed E-state index contributed by atoms with van der Waals surface area (Å²) in [5.41, 5.74) is 2.78. The second kappa shape index (κ2) is 4.85. The summed E-state index contributed by atoms with van der Waals surface area (Å²) in [7, 11) is 0. The van der Waals surface area contributed by atoms with E-state index in [0.29, 0.717) is 11.6 Å². The van der Waals surface area contributed by atoms with E-state index in [1.807, 2.05) is 25.1 Å². The van der Waals surface area contributed by atoms with Gasteiger partial charge in [0.25, 0.3) is 0 Å². The first-order chi connectivity index (χ1) is 9.61.